The SMILES string of the molecule is COc1ccc(/C=C/C(=O)Nc2c(Cl)ncnc2Cl)cc1. The van der Waals surface area contributed by atoms with Crippen LogP contribution in [0.4, 0.5) is 5.69 Å². The quantitative estimate of drug-likeness (QED) is 0.691. The molecule has 21 heavy (non-hydrogen) atoms. The highest BCUT2D eigenvalue weighted by molar-refractivity contribution is 6.38. The van der Waals surface area contributed by atoms with E-state index in [1.807, 2.05) is 12.1 Å². The molecule has 0 radical (unpaired) electrons. The standard InChI is InChI=1S/C14H11Cl2N3O2/c1-21-10-5-2-9(3-6-10)4-7-11(20)19-12-13(15)17-8-18-14(12)16/h2-8H,1H3,(H,19,20)/b7-4+. The third kappa shape index (κ3) is 4.18. The molecular weight excluding hydrogens is 313 g/mol. The van der Waals surface area contributed by atoms with Gasteiger partial charge in [0.05, 0.1) is 7.11 Å². The molecule has 108 valence electrons. The summed E-state index contributed by atoms with van der Waals surface area (Å²) in [6.45, 7) is 0. The first-order valence-corrected chi connectivity index (χ1v) is 6.65. The summed E-state index contributed by atoms with van der Waals surface area (Å²) >= 11 is 11.7. The minimum atomic E-state index is -0.385. The summed E-state index contributed by atoms with van der Waals surface area (Å²) < 4.78 is 5.05. The van der Waals surface area contributed by atoms with Crippen LogP contribution in [0.5, 0.6) is 5.75 Å². The first-order valence-electron chi connectivity index (χ1n) is 5.89. The summed E-state index contributed by atoms with van der Waals surface area (Å²) in [6.07, 6.45) is 4.23. The minimum absolute atomic E-state index is 0.0844. The van der Waals surface area contributed by atoms with Crippen molar-refractivity contribution in [1.82, 2.24) is 9.97 Å². The van der Waals surface area contributed by atoms with Gasteiger partial charge in [0.1, 0.15) is 17.8 Å². The van der Waals surface area contributed by atoms with Crippen molar-refractivity contribution in [2.75, 3.05) is 12.4 Å². The van der Waals surface area contributed by atoms with E-state index >= 15 is 0 Å². The molecule has 1 N–H and O–H groups in total. The van der Waals surface area contributed by atoms with Gasteiger partial charge in [-0.3, -0.25) is 4.79 Å². The van der Waals surface area contributed by atoms with Crippen molar-refractivity contribution in [2.24, 2.45) is 0 Å². The van der Waals surface area contributed by atoms with Gasteiger partial charge in [-0.15, -0.1) is 0 Å². The van der Waals surface area contributed by atoms with E-state index in [-0.39, 0.29) is 21.9 Å². The molecule has 2 aromatic rings. The molecule has 0 unspecified atom stereocenters. The summed E-state index contributed by atoms with van der Waals surface area (Å²) in [7, 11) is 1.59. The summed E-state index contributed by atoms with van der Waals surface area (Å²) in [5.74, 6) is 0.362. The predicted octanol–water partition coefficient (Wildman–Crippen LogP) is 3.44. The summed E-state index contributed by atoms with van der Waals surface area (Å²) in [6, 6.07) is 7.26. The van der Waals surface area contributed by atoms with Crippen LogP contribution in [0, 0.1) is 0 Å². The van der Waals surface area contributed by atoms with Gasteiger partial charge in [0, 0.05) is 6.08 Å². The number of rotatable bonds is 4. The molecular formula is C14H11Cl2N3O2. The van der Waals surface area contributed by atoms with Gasteiger partial charge in [0.25, 0.3) is 0 Å². The van der Waals surface area contributed by atoms with E-state index in [1.165, 1.54) is 12.4 Å². The van der Waals surface area contributed by atoms with Crippen molar-refractivity contribution in [3.8, 4) is 5.75 Å². The molecule has 1 amide bonds. The van der Waals surface area contributed by atoms with E-state index in [0.717, 1.165) is 11.3 Å². The molecule has 2 rings (SSSR count). The Labute approximate surface area is 131 Å². The number of hydrogen-bond acceptors (Lipinski definition) is 4. The average molecular weight is 324 g/mol. The largest absolute Gasteiger partial charge is 0.497 e. The Hall–Kier alpha value is -2.11. The Morgan fingerprint density at radius 3 is 2.38 bits per heavy atom. The number of nitrogens with one attached hydrogen (secondary N) is 1. The molecule has 0 spiro atoms. The summed E-state index contributed by atoms with van der Waals surface area (Å²) in [5, 5.41) is 2.70. The number of carbonyl (C=O) groups excluding carboxylic acids is 1. The van der Waals surface area contributed by atoms with E-state index in [0.29, 0.717) is 0 Å². The fourth-order valence-electron chi connectivity index (χ4n) is 1.50. The second-order valence-electron chi connectivity index (χ2n) is 3.93. The molecule has 0 aliphatic carbocycles. The van der Waals surface area contributed by atoms with Crippen LogP contribution in [-0.4, -0.2) is 23.0 Å². The number of aromatic nitrogens is 2. The lowest BCUT2D eigenvalue weighted by Gasteiger charge is -2.05. The van der Waals surface area contributed by atoms with Crippen molar-refractivity contribution < 1.29 is 9.53 Å². The Morgan fingerprint density at radius 1 is 1.19 bits per heavy atom. The van der Waals surface area contributed by atoms with Gasteiger partial charge < -0.3 is 10.1 Å². The molecule has 1 aromatic heterocycles. The normalized spacial score (nSPS) is 10.6. The molecule has 0 fully saturated rings. The number of hydrogen-bond donors (Lipinski definition) is 1. The third-order valence-corrected chi connectivity index (χ3v) is 3.12. The van der Waals surface area contributed by atoms with Crippen LogP contribution < -0.4 is 10.1 Å². The van der Waals surface area contributed by atoms with Crippen molar-refractivity contribution >= 4 is 40.9 Å². The number of halogens is 2. The van der Waals surface area contributed by atoms with Crippen LogP contribution in [0.2, 0.25) is 10.3 Å². The maximum Gasteiger partial charge on any atom is 0.248 e. The van der Waals surface area contributed by atoms with E-state index in [2.05, 4.69) is 15.3 Å². The molecule has 0 saturated carbocycles. The second-order valence-corrected chi connectivity index (χ2v) is 4.64. The van der Waals surface area contributed by atoms with Crippen LogP contribution >= 0.6 is 23.2 Å². The van der Waals surface area contributed by atoms with Gasteiger partial charge in [-0.25, -0.2) is 9.97 Å². The van der Waals surface area contributed by atoms with Crippen molar-refractivity contribution in [3.63, 3.8) is 0 Å². The Kier molecular flexibility index (Phi) is 5.14. The second kappa shape index (κ2) is 7.06. The number of methoxy groups -OCH3 is 1. The van der Waals surface area contributed by atoms with E-state index in [9.17, 15) is 4.79 Å². The van der Waals surface area contributed by atoms with Gasteiger partial charge in [-0.05, 0) is 23.8 Å². The predicted molar refractivity (Wildman–Crippen MR) is 82.7 cm³/mol. The lowest BCUT2D eigenvalue weighted by atomic mass is 10.2. The molecule has 7 heteroatoms. The van der Waals surface area contributed by atoms with Crippen LogP contribution in [0.15, 0.2) is 36.7 Å². The van der Waals surface area contributed by atoms with Crippen molar-refractivity contribution in [1.29, 1.82) is 0 Å². The Balaban J connectivity index is 2.05. The number of amides is 1. The summed E-state index contributed by atoms with van der Waals surface area (Å²) in [4.78, 5) is 19.3. The van der Waals surface area contributed by atoms with Crippen LogP contribution in [0.3, 0.4) is 0 Å². The molecule has 0 saturated heterocycles. The molecule has 0 bridgehead atoms. The first kappa shape index (κ1) is 15.3. The van der Waals surface area contributed by atoms with Gasteiger partial charge in [-0.2, -0.15) is 0 Å². The molecule has 0 aliphatic heterocycles. The van der Waals surface area contributed by atoms with Gasteiger partial charge >= 0.3 is 0 Å². The molecule has 0 aliphatic rings. The van der Waals surface area contributed by atoms with Gasteiger partial charge in [0.15, 0.2) is 10.3 Å². The van der Waals surface area contributed by atoms with E-state index in [1.54, 1.807) is 25.3 Å². The maximum atomic E-state index is 11.8. The zero-order valence-corrected chi connectivity index (χ0v) is 12.5. The zero-order valence-electron chi connectivity index (χ0n) is 11.0. The molecule has 1 heterocycles. The lowest BCUT2D eigenvalue weighted by Crippen LogP contribution is -2.09. The fraction of sp³-hybridized carbons (Fsp3) is 0.0714. The zero-order chi connectivity index (χ0) is 15.2. The van der Waals surface area contributed by atoms with E-state index in [4.69, 9.17) is 27.9 Å². The van der Waals surface area contributed by atoms with Crippen LogP contribution in [0.1, 0.15) is 5.56 Å². The highest BCUT2D eigenvalue weighted by atomic mass is 35.5. The minimum Gasteiger partial charge on any atom is -0.497 e. The lowest BCUT2D eigenvalue weighted by molar-refractivity contribution is -0.111. The van der Waals surface area contributed by atoms with E-state index < -0.39 is 0 Å². The fourth-order valence-corrected chi connectivity index (χ4v) is 1.91. The van der Waals surface area contributed by atoms with Gasteiger partial charge in [-0.1, -0.05) is 35.3 Å². The first-order chi connectivity index (χ1) is 10.1. The maximum absolute atomic E-state index is 11.8. The topological polar surface area (TPSA) is 64.1 Å². The molecule has 1 aromatic carbocycles. The molecule has 0 atom stereocenters. The number of benzene rings is 1. The highest BCUT2D eigenvalue weighted by Gasteiger charge is 2.09. The summed E-state index contributed by atoms with van der Waals surface area (Å²) in [5.41, 5.74) is 1.04. The molecule has 5 nitrogen and oxygen atoms in total. The Morgan fingerprint density at radius 2 is 1.81 bits per heavy atom. The number of nitrogens with zero attached hydrogens (tertiary/aromatic N) is 2. The van der Waals surface area contributed by atoms with Crippen molar-refractivity contribution in [3.05, 3.63) is 52.5 Å². The van der Waals surface area contributed by atoms with Crippen LogP contribution in [-0.2, 0) is 4.79 Å². The van der Waals surface area contributed by atoms with Crippen LogP contribution in [0.25, 0.3) is 6.08 Å². The number of anilines is 1. The highest BCUT2D eigenvalue weighted by Crippen LogP contribution is 2.25. The average Bonchev–Trinajstić information content (AvgIpc) is 2.49. The van der Waals surface area contributed by atoms with Crippen molar-refractivity contribution in [2.45, 2.75) is 0 Å². The monoisotopic (exact) mass is 323 g/mol. The van der Waals surface area contributed by atoms with Gasteiger partial charge in [0.2, 0.25) is 5.91 Å². The third-order valence-electron chi connectivity index (χ3n) is 2.55. The number of carbonyl (C=O) groups is 1. The number of ether oxygens (including phenoxy) is 1. The smallest absolute Gasteiger partial charge is 0.248 e. The Bertz CT molecular complexity index is 652.